The fourth-order valence-corrected chi connectivity index (χ4v) is 0.191. The van der Waals surface area contributed by atoms with Gasteiger partial charge >= 0.3 is 0 Å². The van der Waals surface area contributed by atoms with Crippen LogP contribution in [0.3, 0.4) is 0 Å². The minimum absolute atomic E-state index is 0. The molecule has 0 amide bonds. The van der Waals surface area contributed by atoms with Crippen LogP contribution in [0.5, 0.6) is 0 Å². The predicted molar refractivity (Wildman–Crippen MR) is 60.2 cm³/mol. The number of hydrogen-bond donors (Lipinski definition) is 1. The van der Waals surface area contributed by atoms with Gasteiger partial charge < -0.3 is 5.11 Å². The average Bonchev–Trinajstić information content (AvgIpc) is 1.35. The van der Waals surface area contributed by atoms with Crippen LogP contribution in [-0.2, 0) is 0 Å². The Bertz CT molecular complexity index is 48.8. The van der Waals surface area contributed by atoms with E-state index in [1.807, 2.05) is 6.92 Å². The molecule has 1 heteroatoms. The van der Waals surface area contributed by atoms with E-state index in [1.165, 1.54) is 0 Å². The van der Waals surface area contributed by atoms with E-state index < -0.39 is 0 Å². The van der Waals surface area contributed by atoms with E-state index in [0.29, 0.717) is 0 Å². The number of aliphatic hydroxyl groups is 1. The highest BCUT2D eigenvalue weighted by atomic mass is 16.2. The molecule has 1 N–H and O–H groups in total. The lowest BCUT2D eigenvalue weighted by Gasteiger charge is -1.87. The lowest BCUT2D eigenvalue weighted by atomic mass is 10.3. The Balaban J connectivity index is -0.0000000125. The first-order valence-corrected chi connectivity index (χ1v) is 2.02. The summed E-state index contributed by atoms with van der Waals surface area (Å²) in [5.41, 5.74) is 1.04. The van der Waals surface area contributed by atoms with Crippen molar-refractivity contribution in [1.82, 2.24) is 0 Å². The van der Waals surface area contributed by atoms with E-state index in [-0.39, 0.29) is 43.7 Å². The maximum absolute atomic E-state index is 8.18. The van der Waals surface area contributed by atoms with Gasteiger partial charge in [-0.2, -0.15) is 0 Å². The first kappa shape index (κ1) is 45.6. The van der Waals surface area contributed by atoms with Gasteiger partial charge in [0.05, 0.1) is 0 Å². The molecule has 0 heterocycles. The van der Waals surface area contributed by atoms with Gasteiger partial charge in [-0.3, -0.25) is 0 Å². The van der Waals surface area contributed by atoms with Crippen LogP contribution >= 0.6 is 0 Å². The van der Waals surface area contributed by atoms with Gasteiger partial charge in [0.1, 0.15) is 0 Å². The molecule has 1 nitrogen and oxygen atoms in total. The second-order valence-electron chi connectivity index (χ2n) is 1.43. The molecule has 0 aromatic carbocycles. The van der Waals surface area contributed by atoms with Crippen molar-refractivity contribution in [2.45, 2.75) is 50.5 Å². The summed E-state index contributed by atoms with van der Waals surface area (Å²) in [6, 6.07) is 0. The van der Waals surface area contributed by atoms with Crippen LogP contribution in [0.15, 0.2) is 12.2 Å². The van der Waals surface area contributed by atoms with Crippen LogP contribution in [0.2, 0.25) is 0 Å². The van der Waals surface area contributed by atoms with E-state index in [4.69, 9.17) is 5.11 Å². The standard InChI is InChI=1S/C5H10O.5CH4/c1-5(2)3-4-6;;;;;/h6H,1,3-4H2,2H3;5*1H4. The van der Waals surface area contributed by atoms with Crippen LogP contribution in [-0.4, -0.2) is 11.7 Å². The van der Waals surface area contributed by atoms with Crippen molar-refractivity contribution >= 4 is 0 Å². The van der Waals surface area contributed by atoms with Gasteiger partial charge in [-0.05, 0) is 13.3 Å². The summed E-state index contributed by atoms with van der Waals surface area (Å²) in [5.74, 6) is 0. The van der Waals surface area contributed by atoms with Crippen molar-refractivity contribution in [2.75, 3.05) is 6.61 Å². The van der Waals surface area contributed by atoms with Crippen molar-refractivity contribution in [1.29, 1.82) is 0 Å². The average molecular weight is 166 g/mol. The minimum atomic E-state index is 0. The van der Waals surface area contributed by atoms with Crippen LogP contribution in [0.4, 0.5) is 0 Å². The molecule has 0 aromatic heterocycles. The summed E-state index contributed by atoms with van der Waals surface area (Å²) < 4.78 is 0. The second-order valence-corrected chi connectivity index (χ2v) is 1.43. The second kappa shape index (κ2) is 33.2. The molecule has 0 radical (unpaired) electrons. The van der Waals surface area contributed by atoms with Crippen LogP contribution in [0, 0.1) is 0 Å². The van der Waals surface area contributed by atoms with Gasteiger partial charge in [-0.1, -0.05) is 42.7 Å². The molecular weight excluding hydrogens is 136 g/mol. The zero-order valence-corrected chi connectivity index (χ0v) is 4.07. The van der Waals surface area contributed by atoms with Gasteiger partial charge in [0, 0.05) is 6.61 Å². The fraction of sp³-hybridized carbons (Fsp3) is 0.800. The third-order valence-corrected chi connectivity index (χ3v) is 0.539. The lowest BCUT2D eigenvalue weighted by molar-refractivity contribution is 0.299. The van der Waals surface area contributed by atoms with Crippen molar-refractivity contribution in [2.24, 2.45) is 0 Å². The quantitative estimate of drug-likeness (QED) is 0.612. The molecule has 0 aromatic rings. The van der Waals surface area contributed by atoms with Crippen molar-refractivity contribution in [3.05, 3.63) is 12.2 Å². The third-order valence-electron chi connectivity index (χ3n) is 0.539. The normalized spacial score (nSPS) is 4.55. The fourth-order valence-electron chi connectivity index (χ4n) is 0.191. The van der Waals surface area contributed by atoms with Gasteiger partial charge in [-0.25, -0.2) is 0 Å². The van der Waals surface area contributed by atoms with E-state index >= 15 is 0 Å². The zero-order valence-electron chi connectivity index (χ0n) is 4.07. The van der Waals surface area contributed by atoms with Crippen molar-refractivity contribution in [3.63, 3.8) is 0 Å². The monoisotopic (exact) mass is 166 g/mol. The minimum Gasteiger partial charge on any atom is -0.396 e. The summed E-state index contributed by atoms with van der Waals surface area (Å²) in [5, 5.41) is 8.18. The van der Waals surface area contributed by atoms with Crippen molar-refractivity contribution < 1.29 is 5.11 Å². The number of hydrogen-bond acceptors (Lipinski definition) is 1. The zero-order chi connectivity index (χ0) is 4.99. The molecule has 0 aliphatic heterocycles. The highest BCUT2D eigenvalue weighted by Gasteiger charge is 1.77. The largest absolute Gasteiger partial charge is 0.396 e. The Labute approximate surface area is 75.2 Å². The molecule has 0 unspecified atom stereocenters. The van der Waals surface area contributed by atoms with E-state index in [9.17, 15) is 0 Å². The predicted octanol–water partition coefficient (Wildman–Crippen LogP) is 4.13. The first-order valence-electron chi connectivity index (χ1n) is 2.02. The Hall–Kier alpha value is -0.300. The molecule has 0 aliphatic carbocycles. The summed E-state index contributed by atoms with van der Waals surface area (Å²) in [6.45, 7) is 5.72. The molecule has 0 fully saturated rings. The highest BCUT2D eigenvalue weighted by molar-refractivity contribution is 4.86. The summed E-state index contributed by atoms with van der Waals surface area (Å²) >= 11 is 0. The van der Waals surface area contributed by atoms with Crippen LogP contribution < -0.4 is 0 Å². The van der Waals surface area contributed by atoms with Crippen molar-refractivity contribution in [3.8, 4) is 0 Å². The van der Waals surface area contributed by atoms with E-state index in [0.717, 1.165) is 12.0 Å². The molecule has 11 heavy (non-hydrogen) atoms. The van der Waals surface area contributed by atoms with Gasteiger partial charge in [0.25, 0.3) is 0 Å². The number of rotatable bonds is 2. The SMILES string of the molecule is C.C.C.C.C.C=C(C)CCO. The number of aliphatic hydroxyl groups excluding tert-OH is 1. The summed E-state index contributed by atoms with van der Waals surface area (Å²) in [4.78, 5) is 0. The Morgan fingerprint density at radius 2 is 1.36 bits per heavy atom. The van der Waals surface area contributed by atoms with Crippen LogP contribution in [0.25, 0.3) is 0 Å². The molecule has 0 saturated heterocycles. The summed E-state index contributed by atoms with van der Waals surface area (Å²) in [7, 11) is 0. The first-order chi connectivity index (χ1) is 2.77. The molecular formula is C10H30O. The molecule has 0 aliphatic rings. The van der Waals surface area contributed by atoms with E-state index in [1.54, 1.807) is 0 Å². The highest BCUT2D eigenvalue weighted by Crippen LogP contribution is 1.90. The Morgan fingerprint density at radius 1 is 1.09 bits per heavy atom. The topological polar surface area (TPSA) is 20.2 Å². The van der Waals surface area contributed by atoms with Gasteiger partial charge in [0.15, 0.2) is 0 Å². The van der Waals surface area contributed by atoms with Crippen LogP contribution in [0.1, 0.15) is 50.5 Å². The Morgan fingerprint density at radius 3 is 1.36 bits per heavy atom. The third kappa shape index (κ3) is 78.9. The van der Waals surface area contributed by atoms with E-state index in [2.05, 4.69) is 6.58 Å². The van der Waals surface area contributed by atoms with Gasteiger partial charge in [0.2, 0.25) is 0 Å². The Kier molecular flexibility index (Phi) is 138. The van der Waals surface area contributed by atoms with Gasteiger partial charge in [-0.15, -0.1) is 6.58 Å². The maximum Gasteiger partial charge on any atom is 0.0467 e. The molecule has 0 saturated carbocycles. The molecule has 0 spiro atoms. The molecule has 0 rings (SSSR count). The maximum atomic E-state index is 8.18. The lowest BCUT2D eigenvalue weighted by Crippen LogP contribution is -1.79. The molecule has 0 bridgehead atoms. The molecule has 0 atom stereocenters. The summed E-state index contributed by atoms with van der Waals surface area (Å²) in [6.07, 6.45) is 0.736. The smallest absolute Gasteiger partial charge is 0.0467 e. The molecule has 76 valence electrons.